The number of anilines is 2. The summed E-state index contributed by atoms with van der Waals surface area (Å²) in [5.74, 6) is 0.531. The Labute approximate surface area is 119 Å². The van der Waals surface area contributed by atoms with Gasteiger partial charge in [-0.3, -0.25) is 0 Å². The fourth-order valence-electron chi connectivity index (χ4n) is 2.60. The van der Waals surface area contributed by atoms with Gasteiger partial charge in [0.05, 0.1) is 5.69 Å². The summed E-state index contributed by atoms with van der Waals surface area (Å²) >= 11 is 0. The fourth-order valence-corrected chi connectivity index (χ4v) is 3.39. The van der Waals surface area contributed by atoms with Crippen LogP contribution in [0.5, 0.6) is 0 Å². The quantitative estimate of drug-likeness (QED) is 0.800. The molecule has 2 rings (SSSR count). The highest BCUT2D eigenvalue weighted by Crippen LogP contribution is 2.30. The Kier molecular flexibility index (Phi) is 4.52. The van der Waals surface area contributed by atoms with Crippen LogP contribution in [0.4, 0.5) is 11.4 Å². The van der Waals surface area contributed by atoms with Crippen molar-refractivity contribution < 1.29 is 13.2 Å². The molecular weight excluding hydrogens is 278 g/mol. The molecule has 1 fully saturated rings. The minimum Gasteiger partial charge on any atom is -0.399 e. The Morgan fingerprint density at radius 2 is 2.00 bits per heavy atom. The first kappa shape index (κ1) is 15.1. The molecule has 0 spiro atoms. The van der Waals surface area contributed by atoms with Gasteiger partial charge in [-0.15, -0.1) is 0 Å². The Hall–Kier alpha value is -1.31. The van der Waals surface area contributed by atoms with Crippen molar-refractivity contribution in [3.8, 4) is 0 Å². The molecule has 1 aliphatic heterocycles. The number of primary sulfonamides is 1. The predicted octanol–water partition coefficient (Wildman–Crippen LogP) is 0.779. The van der Waals surface area contributed by atoms with Crippen molar-refractivity contribution in [2.45, 2.75) is 17.7 Å². The van der Waals surface area contributed by atoms with Crippen LogP contribution in [0.2, 0.25) is 0 Å². The fraction of sp³-hybridized carbons (Fsp3) is 0.538. The first-order valence-corrected chi connectivity index (χ1v) is 8.12. The standard InChI is InChI=1S/C13H21N3O3S/c1-19-9-10-4-6-16(7-5-10)12-3-2-11(14)8-13(12)20(15,17)18/h2-3,8,10H,4-7,9,14H2,1H3,(H2,15,17,18). The Morgan fingerprint density at radius 1 is 1.35 bits per heavy atom. The van der Waals surface area contributed by atoms with Gasteiger partial charge in [0.25, 0.3) is 0 Å². The summed E-state index contributed by atoms with van der Waals surface area (Å²) in [4.78, 5) is 2.15. The molecule has 4 N–H and O–H groups in total. The Morgan fingerprint density at radius 3 is 2.55 bits per heavy atom. The molecule has 0 amide bonds. The number of nitrogens with two attached hydrogens (primary N) is 2. The van der Waals surface area contributed by atoms with Gasteiger partial charge in [-0.25, -0.2) is 13.6 Å². The smallest absolute Gasteiger partial charge is 0.240 e. The van der Waals surface area contributed by atoms with Gasteiger partial charge in [0.2, 0.25) is 10.0 Å². The maximum Gasteiger partial charge on any atom is 0.240 e. The van der Waals surface area contributed by atoms with Gasteiger partial charge < -0.3 is 15.4 Å². The van der Waals surface area contributed by atoms with Crippen LogP contribution in [-0.2, 0) is 14.8 Å². The second-order valence-electron chi connectivity index (χ2n) is 5.16. The third-order valence-corrected chi connectivity index (χ3v) is 4.59. The summed E-state index contributed by atoms with van der Waals surface area (Å²) in [6.07, 6.45) is 1.95. The minimum atomic E-state index is -3.78. The number of rotatable bonds is 4. The van der Waals surface area contributed by atoms with Crippen LogP contribution in [0.3, 0.4) is 0 Å². The summed E-state index contributed by atoms with van der Waals surface area (Å²) in [5.41, 5.74) is 6.69. The molecule has 1 aromatic rings. The van der Waals surface area contributed by atoms with E-state index in [0.717, 1.165) is 32.5 Å². The Balaban J connectivity index is 2.22. The molecule has 0 saturated carbocycles. The van der Waals surface area contributed by atoms with Crippen LogP contribution in [0.25, 0.3) is 0 Å². The van der Waals surface area contributed by atoms with Crippen molar-refractivity contribution in [2.24, 2.45) is 11.1 Å². The zero-order valence-corrected chi connectivity index (χ0v) is 12.4. The first-order chi connectivity index (χ1) is 9.41. The third kappa shape index (κ3) is 3.41. The normalized spacial score (nSPS) is 17.4. The van der Waals surface area contributed by atoms with Crippen LogP contribution in [0, 0.1) is 5.92 Å². The van der Waals surface area contributed by atoms with E-state index < -0.39 is 10.0 Å². The molecule has 0 aliphatic carbocycles. The molecule has 1 aromatic carbocycles. The molecule has 0 unspecified atom stereocenters. The van der Waals surface area contributed by atoms with E-state index in [4.69, 9.17) is 15.6 Å². The second kappa shape index (κ2) is 5.99. The number of hydrogen-bond acceptors (Lipinski definition) is 5. The summed E-state index contributed by atoms with van der Waals surface area (Å²) in [5, 5.41) is 5.28. The molecule has 0 bridgehead atoms. The van der Waals surface area contributed by atoms with Crippen molar-refractivity contribution in [1.29, 1.82) is 0 Å². The van der Waals surface area contributed by atoms with Gasteiger partial charge in [-0.05, 0) is 37.0 Å². The number of benzene rings is 1. The minimum absolute atomic E-state index is 0.0997. The van der Waals surface area contributed by atoms with Gasteiger partial charge in [0.15, 0.2) is 0 Å². The summed E-state index contributed by atoms with van der Waals surface area (Å²) in [7, 11) is -2.08. The highest BCUT2D eigenvalue weighted by atomic mass is 32.2. The van der Waals surface area contributed by atoms with Crippen molar-refractivity contribution in [2.75, 3.05) is 37.4 Å². The molecule has 0 atom stereocenters. The molecule has 20 heavy (non-hydrogen) atoms. The van der Waals surface area contributed by atoms with Crippen LogP contribution in [0.15, 0.2) is 23.1 Å². The summed E-state index contributed by atoms with van der Waals surface area (Å²) < 4.78 is 28.5. The molecule has 1 heterocycles. The van der Waals surface area contributed by atoms with Gasteiger partial charge in [-0.1, -0.05) is 0 Å². The van der Waals surface area contributed by atoms with Gasteiger partial charge in [-0.2, -0.15) is 0 Å². The number of piperidine rings is 1. The number of hydrogen-bond donors (Lipinski definition) is 2. The lowest BCUT2D eigenvalue weighted by molar-refractivity contribution is 0.139. The maximum atomic E-state index is 11.7. The van der Waals surface area contributed by atoms with Gasteiger partial charge in [0.1, 0.15) is 4.90 Å². The van der Waals surface area contributed by atoms with E-state index in [-0.39, 0.29) is 4.90 Å². The topological polar surface area (TPSA) is 98.7 Å². The molecule has 6 nitrogen and oxygen atoms in total. The average molecular weight is 299 g/mol. The van der Waals surface area contributed by atoms with E-state index in [1.165, 1.54) is 6.07 Å². The van der Waals surface area contributed by atoms with Gasteiger partial charge in [0, 0.05) is 32.5 Å². The predicted molar refractivity (Wildman–Crippen MR) is 79.0 cm³/mol. The molecule has 7 heteroatoms. The monoisotopic (exact) mass is 299 g/mol. The molecule has 0 aromatic heterocycles. The molecule has 1 saturated heterocycles. The van der Waals surface area contributed by atoms with Crippen molar-refractivity contribution in [1.82, 2.24) is 0 Å². The zero-order valence-electron chi connectivity index (χ0n) is 11.6. The molecular formula is C13H21N3O3S. The largest absolute Gasteiger partial charge is 0.399 e. The van der Waals surface area contributed by atoms with E-state index >= 15 is 0 Å². The number of nitrogens with zero attached hydrogens (tertiary/aromatic N) is 1. The summed E-state index contributed by atoms with van der Waals surface area (Å²) in [6.45, 7) is 2.33. The molecule has 0 radical (unpaired) electrons. The lowest BCUT2D eigenvalue weighted by Crippen LogP contribution is -2.36. The van der Waals surface area contributed by atoms with Crippen LogP contribution in [-0.4, -0.2) is 35.2 Å². The van der Waals surface area contributed by atoms with E-state index in [1.54, 1.807) is 19.2 Å². The Bertz CT molecular complexity index is 566. The van der Waals surface area contributed by atoms with Crippen molar-refractivity contribution >= 4 is 21.4 Å². The van der Waals surface area contributed by atoms with E-state index in [0.29, 0.717) is 17.3 Å². The zero-order chi connectivity index (χ0) is 14.8. The van der Waals surface area contributed by atoms with Crippen LogP contribution < -0.4 is 15.8 Å². The maximum absolute atomic E-state index is 11.7. The number of sulfonamides is 1. The van der Waals surface area contributed by atoms with Crippen LogP contribution >= 0.6 is 0 Å². The molecule has 112 valence electrons. The number of methoxy groups -OCH3 is 1. The number of ether oxygens (including phenoxy) is 1. The van der Waals surface area contributed by atoms with E-state index in [1.807, 2.05) is 4.90 Å². The van der Waals surface area contributed by atoms with E-state index in [2.05, 4.69) is 0 Å². The van der Waals surface area contributed by atoms with Crippen molar-refractivity contribution in [3.05, 3.63) is 18.2 Å². The van der Waals surface area contributed by atoms with E-state index in [9.17, 15) is 8.42 Å². The highest BCUT2D eigenvalue weighted by molar-refractivity contribution is 7.89. The lowest BCUT2D eigenvalue weighted by atomic mass is 9.97. The van der Waals surface area contributed by atoms with Crippen LogP contribution in [0.1, 0.15) is 12.8 Å². The first-order valence-electron chi connectivity index (χ1n) is 6.58. The lowest BCUT2D eigenvalue weighted by Gasteiger charge is -2.34. The average Bonchev–Trinajstić information content (AvgIpc) is 2.39. The second-order valence-corrected chi connectivity index (χ2v) is 6.69. The van der Waals surface area contributed by atoms with Gasteiger partial charge >= 0.3 is 0 Å². The number of nitrogen functional groups attached to an aromatic ring is 1. The van der Waals surface area contributed by atoms with Crippen molar-refractivity contribution in [3.63, 3.8) is 0 Å². The summed E-state index contributed by atoms with van der Waals surface area (Å²) in [6, 6.07) is 4.85. The SMILES string of the molecule is COCC1CCN(c2ccc(N)cc2S(N)(=O)=O)CC1. The highest BCUT2D eigenvalue weighted by Gasteiger charge is 2.24. The third-order valence-electron chi connectivity index (χ3n) is 3.65. The molecule has 1 aliphatic rings.